The molecule has 0 unspecified atom stereocenters. The van der Waals surface area contributed by atoms with E-state index in [4.69, 9.17) is 4.74 Å². The number of methoxy groups -OCH3 is 1. The molecule has 0 atom stereocenters. The monoisotopic (exact) mass is 270 g/mol. The minimum atomic E-state index is 0.738. The Kier molecular flexibility index (Phi) is 4.99. The zero-order valence-corrected chi connectivity index (χ0v) is 11.2. The number of nitrogens with one attached hydrogen (secondary N) is 1. The first-order valence-corrected chi connectivity index (χ1v) is 7.00. The van der Waals surface area contributed by atoms with Crippen molar-refractivity contribution in [3.63, 3.8) is 0 Å². The summed E-state index contributed by atoms with van der Waals surface area (Å²) < 4.78 is 4.95. The normalized spacial score (nSPS) is 10.9. The van der Waals surface area contributed by atoms with Gasteiger partial charge in [-0.2, -0.15) is 0 Å². The van der Waals surface area contributed by atoms with Crippen LogP contribution < -0.4 is 5.32 Å². The van der Waals surface area contributed by atoms with Crippen LogP contribution in [0.5, 0.6) is 0 Å². The SMILES string of the molecule is COCCNCCc1nnc(-c2cncs2)s1. The molecule has 7 heteroatoms. The van der Waals surface area contributed by atoms with Crippen LogP contribution in [0, 0.1) is 0 Å². The molecule has 0 saturated carbocycles. The van der Waals surface area contributed by atoms with Gasteiger partial charge in [-0.05, 0) is 0 Å². The lowest BCUT2D eigenvalue weighted by Gasteiger charge is -2.00. The summed E-state index contributed by atoms with van der Waals surface area (Å²) in [5.41, 5.74) is 1.81. The van der Waals surface area contributed by atoms with E-state index in [1.807, 2.05) is 11.7 Å². The molecule has 17 heavy (non-hydrogen) atoms. The molecule has 0 radical (unpaired) electrons. The van der Waals surface area contributed by atoms with Crippen LogP contribution in [0.4, 0.5) is 0 Å². The third-order valence-corrected chi connectivity index (χ3v) is 4.03. The summed E-state index contributed by atoms with van der Waals surface area (Å²) in [4.78, 5) is 5.12. The maximum atomic E-state index is 4.95. The van der Waals surface area contributed by atoms with Crippen molar-refractivity contribution in [1.82, 2.24) is 20.5 Å². The fraction of sp³-hybridized carbons (Fsp3) is 0.500. The third kappa shape index (κ3) is 3.81. The van der Waals surface area contributed by atoms with Gasteiger partial charge >= 0.3 is 0 Å². The van der Waals surface area contributed by atoms with E-state index in [-0.39, 0.29) is 0 Å². The number of thiazole rings is 1. The van der Waals surface area contributed by atoms with Gasteiger partial charge in [0.25, 0.3) is 0 Å². The molecule has 0 spiro atoms. The summed E-state index contributed by atoms with van der Waals surface area (Å²) in [5.74, 6) is 0. The molecule has 0 aliphatic rings. The molecule has 0 amide bonds. The summed E-state index contributed by atoms with van der Waals surface area (Å²) in [6, 6.07) is 0. The fourth-order valence-electron chi connectivity index (χ4n) is 1.27. The third-order valence-electron chi connectivity index (χ3n) is 2.11. The number of hydrogen-bond donors (Lipinski definition) is 1. The van der Waals surface area contributed by atoms with Gasteiger partial charge in [0.15, 0.2) is 5.01 Å². The van der Waals surface area contributed by atoms with Gasteiger partial charge in [-0.1, -0.05) is 11.3 Å². The molecule has 0 aromatic carbocycles. The van der Waals surface area contributed by atoms with Gasteiger partial charge in [-0.25, -0.2) is 0 Å². The van der Waals surface area contributed by atoms with Gasteiger partial charge < -0.3 is 10.1 Å². The molecule has 2 aromatic heterocycles. The summed E-state index contributed by atoms with van der Waals surface area (Å²) >= 11 is 3.22. The average Bonchev–Trinajstić information content (AvgIpc) is 2.99. The van der Waals surface area contributed by atoms with E-state index in [1.54, 1.807) is 29.8 Å². The second-order valence-electron chi connectivity index (χ2n) is 3.36. The summed E-state index contributed by atoms with van der Waals surface area (Å²) in [6.45, 7) is 2.51. The van der Waals surface area contributed by atoms with E-state index >= 15 is 0 Å². The van der Waals surface area contributed by atoms with Crippen LogP contribution in [0.25, 0.3) is 9.88 Å². The van der Waals surface area contributed by atoms with Gasteiger partial charge in [0, 0.05) is 32.8 Å². The molecule has 2 rings (SSSR count). The highest BCUT2D eigenvalue weighted by Crippen LogP contribution is 2.26. The lowest BCUT2D eigenvalue weighted by molar-refractivity contribution is 0.199. The molecule has 0 saturated heterocycles. The van der Waals surface area contributed by atoms with Crippen molar-refractivity contribution in [2.75, 3.05) is 26.8 Å². The minimum Gasteiger partial charge on any atom is -0.383 e. The van der Waals surface area contributed by atoms with E-state index in [0.29, 0.717) is 0 Å². The van der Waals surface area contributed by atoms with Crippen LogP contribution in [0.1, 0.15) is 5.01 Å². The zero-order chi connectivity index (χ0) is 11.9. The predicted octanol–water partition coefficient (Wildman–Crippen LogP) is 1.44. The molecule has 92 valence electrons. The molecule has 0 fully saturated rings. The zero-order valence-electron chi connectivity index (χ0n) is 9.55. The molecule has 0 bridgehead atoms. The predicted molar refractivity (Wildman–Crippen MR) is 69.5 cm³/mol. The Morgan fingerprint density at radius 2 is 2.29 bits per heavy atom. The van der Waals surface area contributed by atoms with Crippen molar-refractivity contribution in [3.8, 4) is 9.88 Å². The van der Waals surface area contributed by atoms with Crippen LogP contribution in [0.3, 0.4) is 0 Å². The van der Waals surface area contributed by atoms with Crippen LogP contribution in [-0.2, 0) is 11.2 Å². The van der Waals surface area contributed by atoms with Crippen molar-refractivity contribution < 1.29 is 4.74 Å². The van der Waals surface area contributed by atoms with Crippen LogP contribution in [-0.4, -0.2) is 42.0 Å². The molecule has 2 aromatic rings. The van der Waals surface area contributed by atoms with Crippen molar-refractivity contribution in [1.29, 1.82) is 0 Å². The van der Waals surface area contributed by atoms with E-state index < -0.39 is 0 Å². The highest BCUT2D eigenvalue weighted by Gasteiger charge is 2.07. The Hall–Kier alpha value is -0.890. The van der Waals surface area contributed by atoms with Gasteiger partial charge in [-0.3, -0.25) is 4.98 Å². The Balaban J connectivity index is 1.79. The second-order valence-corrected chi connectivity index (χ2v) is 5.31. The number of nitrogens with zero attached hydrogens (tertiary/aromatic N) is 3. The van der Waals surface area contributed by atoms with Gasteiger partial charge in [0.1, 0.15) is 5.01 Å². The number of rotatable bonds is 7. The van der Waals surface area contributed by atoms with Crippen LogP contribution >= 0.6 is 22.7 Å². The van der Waals surface area contributed by atoms with Crippen LogP contribution in [0.2, 0.25) is 0 Å². The first-order chi connectivity index (χ1) is 8.40. The maximum absolute atomic E-state index is 4.95. The van der Waals surface area contributed by atoms with E-state index in [0.717, 1.165) is 41.0 Å². The number of hydrogen-bond acceptors (Lipinski definition) is 7. The Labute approximate surface area is 108 Å². The average molecular weight is 270 g/mol. The summed E-state index contributed by atoms with van der Waals surface area (Å²) in [5, 5.41) is 13.6. The van der Waals surface area contributed by atoms with Crippen molar-refractivity contribution in [2.24, 2.45) is 0 Å². The molecular formula is C10H14N4OS2. The number of ether oxygens (including phenoxy) is 1. The first-order valence-electron chi connectivity index (χ1n) is 5.31. The highest BCUT2D eigenvalue weighted by molar-refractivity contribution is 7.20. The Morgan fingerprint density at radius 1 is 1.35 bits per heavy atom. The van der Waals surface area contributed by atoms with Crippen LogP contribution in [0.15, 0.2) is 11.7 Å². The molecule has 0 aliphatic heterocycles. The summed E-state index contributed by atoms with van der Waals surface area (Å²) in [7, 11) is 1.70. The largest absolute Gasteiger partial charge is 0.383 e. The van der Waals surface area contributed by atoms with E-state index in [2.05, 4.69) is 20.5 Å². The topological polar surface area (TPSA) is 59.9 Å². The molecule has 5 nitrogen and oxygen atoms in total. The molecule has 0 aliphatic carbocycles. The van der Waals surface area contributed by atoms with E-state index in [1.165, 1.54) is 0 Å². The lowest BCUT2D eigenvalue weighted by Crippen LogP contribution is -2.21. The smallest absolute Gasteiger partial charge is 0.159 e. The second kappa shape index (κ2) is 6.75. The molecule has 2 heterocycles. The summed E-state index contributed by atoms with van der Waals surface area (Å²) in [6.07, 6.45) is 2.73. The molecule has 1 N–H and O–H groups in total. The Bertz CT molecular complexity index is 429. The maximum Gasteiger partial charge on any atom is 0.159 e. The quantitative estimate of drug-likeness (QED) is 0.771. The van der Waals surface area contributed by atoms with Gasteiger partial charge in [0.05, 0.1) is 17.0 Å². The fourth-order valence-corrected chi connectivity index (χ4v) is 2.78. The lowest BCUT2D eigenvalue weighted by atomic mass is 10.4. The minimum absolute atomic E-state index is 0.738. The van der Waals surface area contributed by atoms with Crippen molar-refractivity contribution in [2.45, 2.75) is 6.42 Å². The van der Waals surface area contributed by atoms with Crippen molar-refractivity contribution in [3.05, 3.63) is 16.7 Å². The van der Waals surface area contributed by atoms with Gasteiger partial charge in [0.2, 0.25) is 0 Å². The standard InChI is InChI=1S/C10H14N4OS2/c1-15-5-4-11-3-2-9-13-14-10(17-9)8-6-12-7-16-8/h6-7,11H,2-5H2,1H3. The first kappa shape index (κ1) is 12.6. The van der Waals surface area contributed by atoms with Crippen molar-refractivity contribution >= 4 is 22.7 Å². The van der Waals surface area contributed by atoms with E-state index in [9.17, 15) is 0 Å². The van der Waals surface area contributed by atoms with Gasteiger partial charge in [-0.15, -0.1) is 21.5 Å². The highest BCUT2D eigenvalue weighted by atomic mass is 32.1. The number of aromatic nitrogens is 3. The molecular weight excluding hydrogens is 256 g/mol. The Morgan fingerprint density at radius 3 is 3.06 bits per heavy atom.